The number of rotatable bonds is 8. The van der Waals surface area contributed by atoms with Crippen LogP contribution in [0.2, 0.25) is 0 Å². The molecule has 3 rings (SSSR count). The minimum atomic E-state index is -0.671. The van der Waals surface area contributed by atoms with Crippen molar-refractivity contribution in [1.82, 2.24) is 9.80 Å². The summed E-state index contributed by atoms with van der Waals surface area (Å²) in [6.45, 7) is 3.57. The van der Waals surface area contributed by atoms with Gasteiger partial charge in [-0.15, -0.1) is 0 Å². The molecular formula is C24H28N2O4. The molecule has 2 aromatic rings. The zero-order chi connectivity index (χ0) is 21.7. The second-order valence-electron chi connectivity index (χ2n) is 7.58. The molecular weight excluding hydrogens is 380 g/mol. The lowest BCUT2D eigenvalue weighted by molar-refractivity contribution is -0.140. The van der Waals surface area contributed by atoms with Crippen LogP contribution in [0.3, 0.4) is 0 Å². The van der Waals surface area contributed by atoms with E-state index < -0.39 is 17.7 Å². The van der Waals surface area contributed by atoms with E-state index in [1.54, 1.807) is 24.3 Å². The van der Waals surface area contributed by atoms with Gasteiger partial charge in [0, 0.05) is 18.7 Å². The Hall–Kier alpha value is -3.12. The van der Waals surface area contributed by atoms with Crippen LogP contribution in [0.4, 0.5) is 0 Å². The number of amides is 1. The fourth-order valence-corrected chi connectivity index (χ4v) is 3.51. The van der Waals surface area contributed by atoms with Crippen LogP contribution < -0.4 is 4.74 Å². The maximum absolute atomic E-state index is 13.0. The number of aliphatic hydroxyl groups excluding tert-OH is 1. The van der Waals surface area contributed by atoms with Gasteiger partial charge in [0.25, 0.3) is 11.7 Å². The zero-order valence-corrected chi connectivity index (χ0v) is 17.7. The van der Waals surface area contributed by atoms with Gasteiger partial charge in [-0.1, -0.05) is 49.4 Å². The molecule has 0 bridgehead atoms. The lowest BCUT2D eigenvalue weighted by Crippen LogP contribution is -2.35. The van der Waals surface area contributed by atoms with Crippen molar-refractivity contribution in [2.75, 3.05) is 33.8 Å². The average Bonchev–Trinajstić information content (AvgIpc) is 3.01. The Morgan fingerprint density at radius 2 is 1.83 bits per heavy atom. The molecule has 1 N–H and O–H groups in total. The summed E-state index contributed by atoms with van der Waals surface area (Å²) in [4.78, 5) is 29.3. The Kier molecular flexibility index (Phi) is 6.90. The third-order valence-corrected chi connectivity index (χ3v) is 5.02. The van der Waals surface area contributed by atoms with Gasteiger partial charge in [0.2, 0.25) is 0 Å². The van der Waals surface area contributed by atoms with E-state index >= 15 is 0 Å². The number of ketones is 1. The van der Waals surface area contributed by atoms with Crippen molar-refractivity contribution < 1.29 is 19.4 Å². The third kappa shape index (κ3) is 4.54. The molecule has 1 amide bonds. The standard InChI is InChI=1S/C24H28N2O4/c1-4-15-30-19-12-8-11-18(16-19)21-20(22(27)17-9-6-5-7-10-17)23(28)24(29)26(21)14-13-25(2)3/h5-12,16,21,27H,4,13-15H2,1-3H3/b22-20+/t21-/m1/s1. The van der Waals surface area contributed by atoms with Crippen LogP contribution in [0.15, 0.2) is 60.2 Å². The predicted octanol–water partition coefficient (Wildman–Crippen LogP) is 3.46. The quantitative estimate of drug-likeness (QED) is 0.412. The molecule has 0 saturated carbocycles. The van der Waals surface area contributed by atoms with Crippen molar-refractivity contribution in [3.8, 4) is 5.75 Å². The predicted molar refractivity (Wildman–Crippen MR) is 116 cm³/mol. The molecule has 6 heteroatoms. The summed E-state index contributed by atoms with van der Waals surface area (Å²) in [6, 6.07) is 15.6. The lowest BCUT2D eigenvalue weighted by Gasteiger charge is -2.27. The molecule has 6 nitrogen and oxygen atoms in total. The Morgan fingerprint density at radius 1 is 1.10 bits per heavy atom. The van der Waals surface area contributed by atoms with E-state index in [0.29, 0.717) is 31.0 Å². The topological polar surface area (TPSA) is 70.1 Å². The monoisotopic (exact) mass is 408 g/mol. The van der Waals surface area contributed by atoms with Crippen molar-refractivity contribution >= 4 is 17.4 Å². The normalized spacial score (nSPS) is 18.3. The van der Waals surface area contributed by atoms with Crippen LogP contribution in [-0.4, -0.2) is 60.4 Å². The summed E-state index contributed by atoms with van der Waals surface area (Å²) in [5.41, 5.74) is 1.35. The Labute approximate surface area is 177 Å². The third-order valence-electron chi connectivity index (χ3n) is 5.02. The maximum atomic E-state index is 13.0. The van der Waals surface area contributed by atoms with Crippen molar-refractivity contribution in [3.05, 3.63) is 71.3 Å². The minimum absolute atomic E-state index is 0.109. The molecule has 0 spiro atoms. The molecule has 0 radical (unpaired) electrons. The van der Waals surface area contributed by atoms with Crippen molar-refractivity contribution in [3.63, 3.8) is 0 Å². The first-order valence-electron chi connectivity index (χ1n) is 10.1. The second kappa shape index (κ2) is 9.59. The number of ether oxygens (including phenoxy) is 1. The van der Waals surface area contributed by atoms with Crippen LogP contribution in [0.1, 0.15) is 30.5 Å². The number of carbonyl (C=O) groups is 2. The molecule has 1 aliphatic rings. The van der Waals surface area contributed by atoms with E-state index in [4.69, 9.17) is 4.74 Å². The molecule has 1 heterocycles. The zero-order valence-electron chi connectivity index (χ0n) is 17.7. The highest BCUT2D eigenvalue weighted by Gasteiger charge is 2.45. The van der Waals surface area contributed by atoms with Gasteiger partial charge in [0.1, 0.15) is 11.5 Å². The first-order valence-corrected chi connectivity index (χ1v) is 10.1. The molecule has 0 unspecified atom stereocenters. The van der Waals surface area contributed by atoms with E-state index in [2.05, 4.69) is 0 Å². The molecule has 0 aromatic heterocycles. The van der Waals surface area contributed by atoms with E-state index in [-0.39, 0.29) is 11.3 Å². The Morgan fingerprint density at radius 3 is 2.50 bits per heavy atom. The minimum Gasteiger partial charge on any atom is -0.507 e. The van der Waals surface area contributed by atoms with E-state index in [0.717, 1.165) is 12.0 Å². The van der Waals surface area contributed by atoms with Crippen LogP contribution in [-0.2, 0) is 9.59 Å². The van der Waals surface area contributed by atoms with Gasteiger partial charge < -0.3 is 19.6 Å². The molecule has 1 saturated heterocycles. The summed E-state index contributed by atoms with van der Waals surface area (Å²) in [5, 5.41) is 11.0. The molecule has 0 aliphatic carbocycles. The van der Waals surface area contributed by atoms with Crippen molar-refractivity contribution in [2.24, 2.45) is 0 Å². The van der Waals surface area contributed by atoms with Crippen LogP contribution in [0.25, 0.3) is 5.76 Å². The molecule has 1 aliphatic heterocycles. The smallest absolute Gasteiger partial charge is 0.295 e. The van der Waals surface area contributed by atoms with Gasteiger partial charge in [0.05, 0.1) is 18.2 Å². The summed E-state index contributed by atoms with van der Waals surface area (Å²) >= 11 is 0. The number of likely N-dealkylation sites (N-methyl/N-ethyl adjacent to an activating group) is 1. The fourth-order valence-electron chi connectivity index (χ4n) is 3.51. The summed E-state index contributed by atoms with van der Waals surface area (Å²) in [5.74, 6) is -0.752. The first kappa shape index (κ1) is 21.6. The highest BCUT2D eigenvalue weighted by molar-refractivity contribution is 6.46. The molecule has 30 heavy (non-hydrogen) atoms. The highest BCUT2D eigenvalue weighted by Crippen LogP contribution is 2.40. The van der Waals surface area contributed by atoms with Gasteiger partial charge in [-0.05, 0) is 38.2 Å². The van der Waals surface area contributed by atoms with E-state index in [1.807, 2.05) is 56.3 Å². The molecule has 1 atom stereocenters. The average molecular weight is 408 g/mol. The van der Waals surface area contributed by atoms with Crippen LogP contribution in [0, 0.1) is 0 Å². The second-order valence-corrected chi connectivity index (χ2v) is 7.58. The number of hydrogen-bond acceptors (Lipinski definition) is 5. The number of hydrogen-bond donors (Lipinski definition) is 1. The van der Waals surface area contributed by atoms with Gasteiger partial charge in [-0.3, -0.25) is 9.59 Å². The van der Waals surface area contributed by atoms with E-state index in [1.165, 1.54) is 4.90 Å². The highest BCUT2D eigenvalue weighted by atomic mass is 16.5. The molecule has 1 fully saturated rings. The fraction of sp³-hybridized carbons (Fsp3) is 0.333. The van der Waals surface area contributed by atoms with E-state index in [9.17, 15) is 14.7 Å². The van der Waals surface area contributed by atoms with Gasteiger partial charge in [-0.25, -0.2) is 0 Å². The molecule has 2 aromatic carbocycles. The van der Waals surface area contributed by atoms with Crippen LogP contribution >= 0.6 is 0 Å². The first-order chi connectivity index (χ1) is 14.4. The largest absolute Gasteiger partial charge is 0.507 e. The van der Waals surface area contributed by atoms with Crippen molar-refractivity contribution in [1.29, 1.82) is 0 Å². The lowest BCUT2D eigenvalue weighted by atomic mass is 9.95. The summed E-state index contributed by atoms with van der Waals surface area (Å²) in [7, 11) is 3.82. The number of nitrogens with zero attached hydrogens (tertiary/aromatic N) is 2. The van der Waals surface area contributed by atoms with Gasteiger partial charge >= 0.3 is 0 Å². The van der Waals surface area contributed by atoms with Crippen molar-refractivity contribution in [2.45, 2.75) is 19.4 Å². The van der Waals surface area contributed by atoms with Gasteiger partial charge in [-0.2, -0.15) is 0 Å². The Bertz CT molecular complexity index is 937. The Balaban J connectivity index is 2.10. The number of Topliss-reactive ketones (excluding diaryl/α,β-unsaturated/α-hetero) is 1. The number of aliphatic hydroxyl groups is 1. The summed E-state index contributed by atoms with van der Waals surface area (Å²) < 4.78 is 5.75. The summed E-state index contributed by atoms with van der Waals surface area (Å²) in [6.07, 6.45) is 0.875. The number of carbonyl (C=O) groups excluding carboxylic acids is 2. The maximum Gasteiger partial charge on any atom is 0.295 e. The van der Waals surface area contributed by atoms with Crippen LogP contribution in [0.5, 0.6) is 5.75 Å². The number of likely N-dealkylation sites (tertiary alicyclic amines) is 1. The SMILES string of the molecule is CCCOc1cccc([C@@H]2/C(=C(\O)c3ccccc3)C(=O)C(=O)N2CCN(C)C)c1. The number of benzene rings is 2. The molecule has 158 valence electrons. The van der Waals surface area contributed by atoms with Gasteiger partial charge in [0.15, 0.2) is 0 Å².